The van der Waals surface area contributed by atoms with E-state index in [2.05, 4.69) is 12.2 Å². The van der Waals surface area contributed by atoms with Crippen LogP contribution in [-0.4, -0.2) is 27.3 Å². The summed E-state index contributed by atoms with van der Waals surface area (Å²) in [5.41, 5.74) is 1.86. The molecular formula is C14H22N2O2S. The third-order valence-electron chi connectivity index (χ3n) is 3.49. The highest BCUT2D eigenvalue weighted by Crippen LogP contribution is 2.32. The lowest BCUT2D eigenvalue weighted by atomic mass is 10.1. The molecule has 0 amide bonds. The highest BCUT2D eigenvalue weighted by molar-refractivity contribution is 7.93. The summed E-state index contributed by atoms with van der Waals surface area (Å²) < 4.78 is 26.0. The van der Waals surface area contributed by atoms with Gasteiger partial charge in [0, 0.05) is 12.6 Å². The lowest BCUT2D eigenvalue weighted by Gasteiger charge is -2.24. The van der Waals surface area contributed by atoms with Crippen molar-refractivity contribution in [2.75, 3.05) is 23.1 Å². The zero-order chi connectivity index (χ0) is 14.0. The number of benzene rings is 1. The second-order valence-electron chi connectivity index (χ2n) is 5.25. The summed E-state index contributed by atoms with van der Waals surface area (Å²) in [6.07, 6.45) is 0. The lowest BCUT2D eigenvalue weighted by Crippen LogP contribution is -2.28. The topological polar surface area (TPSA) is 49.4 Å². The monoisotopic (exact) mass is 282 g/mol. The number of hydrogen-bond acceptors (Lipinski definition) is 3. The van der Waals surface area contributed by atoms with Crippen LogP contribution < -0.4 is 9.62 Å². The van der Waals surface area contributed by atoms with Crippen molar-refractivity contribution < 1.29 is 8.42 Å². The van der Waals surface area contributed by atoms with Crippen molar-refractivity contribution in [1.29, 1.82) is 0 Å². The molecule has 1 fully saturated rings. The summed E-state index contributed by atoms with van der Waals surface area (Å²) in [7, 11) is -3.15. The number of anilines is 1. The fraction of sp³-hybridized carbons (Fsp3) is 0.571. The molecule has 1 N–H and O–H groups in total. The molecule has 106 valence electrons. The smallest absolute Gasteiger partial charge is 0.235 e. The van der Waals surface area contributed by atoms with E-state index >= 15 is 0 Å². The molecule has 0 aliphatic carbocycles. The van der Waals surface area contributed by atoms with Crippen molar-refractivity contribution in [3.63, 3.8) is 0 Å². The Morgan fingerprint density at radius 2 is 2.11 bits per heavy atom. The first-order valence-corrected chi connectivity index (χ1v) is 8.39. The number of rotatable bonds is 4. The lowest BCUT2D eigenvalue weighted by molar-refractivity contribution is 0.592. The minimum absolute atomic E-state index is 0.146. The molecule has 2 unspecified atom stereocenters. The number of hydrogen-bond donors (Lipinski definition) is 1. The van der Waals surface area contributed by atoms with Crippen LogP contribution in [0.4, 0.5) is 5.69 Å². The van der Waals surface area contributed by atoms with Gasteiger partial charge >= 0.3 is 0 Å². The molecule has 2 rings (SSSR count). The molecule has 0 spiro atoms. The van der Waals surface area contributed by atoms with Gasteiger partial charge in [-0.25, -0.2) is 8.42 Å². The molecule has 4 nitrogen and oxygen atoms in total. The predicted molar refractivity (Wildman–Crippen MR) is 78.8 cm³/mol. The zero-order valence-corrected chi connectivity index (χ0v) is 12.6. The normalized spacial score (nSPS) is 23.5. The van der Waals surface area contributed by atoms with Crippen LogP contribution in [0.25, 0.3) is 0 Å². The molecule has 0 bridgehead atoms. The average Bonchev–Trinajstić information content (AvgIpc) is 2.62. The Labute approximate surface area is 115 Å². The van der Waals surface area contributed by atoms with E-state index in [0.29, 0.717) is 6.54 Å². The van der Waals surface area contributed by atoms with Crippen molar-refractivity contribution in [2.45, 2.75) is 26.8 Å². The van der Waals surface area contributed by atoms with Crippen molar-refractivity contribution in [3.05, 3.63) is 29.8 Å². The largest absolute Gasteiger partial charge is 0.310 e. The first kappa shape index (κ1) is 14.3. The molecule has 1 saturated heterocycles. The summed E-state index contributed by atoms with van der Waals surface area (Å²) in [5, 5.41) is 3.34. The number of nitrogens with zero attached hydrogens (tertiary/aromatic N) is 1. The molecule has 1 aromatic rings. The molecule has 1 aliphatic rings. The Hall–Kier alpha value is -1.07. The Morgan fingerprint density at radius 3 is 2.68 bits per heavy atom. The maximum absolute atomic E-state index is 12.2. The van der Waals surface area contributed by atoms with Gasteiger partial charge in [-0.3, -0.25) is 4.31 Å². The van der Waals surface area contributed by atoms with Crippen LogP contribution in [0.1, 0.15) is 32.4 Å². The third kappa shape index (κ3) is 2.92. The van der Waals surface area contributed by atoms with Crippen LogP contribution in [0.3, 0.4) is 0 Å². The summed E-state index contributed by atoms with van der Waals surface area (Å²) in [6.45, 7) is 7.53. The summed E-state index contributed by atoms with van der Waals surface area (Å²) in [4.78, 5) is 0. The van der Waals surface area contributed by atoms with Crippen LogP contribution in [0.5, 0.6) is 0 Å². The Bertz CT molecular complexity index is 542. The van der Waals surface area contributed by atoms with E-state index < -0.39 is 10.0 Å². The quantitative estimate of drug-likeness (QED) is 0.920. The SMILES string of the molecule is CCNC(C)c1ccccc1N1CC(C)CS1(=O)=O. The highest BCUT2D eigenvalue weighted by Gasteiger charge is 2.35. The van der Waals surface area contributed by atoms with Crippen LogP contribution in [0.2, 0.25) is 0 Å². The third-order valence-corrected chi connectivity index (χ3v) is 5.50. The predicted octanol–water partition coefficient (Wildman–Crippen LogP) is 2.14. The standard InChI is InChI=1S/C14H22N2O2S/c1-4-15-12(3)13-7-5-6-8-14(13)16-9-11(2)10-19(16,17)18/h5-8,11-12,15H,4,9-10H2,1-3H3. The van der Waals surface area contributed by atoms with Gasteiger partial charge in [0.05, 0.1) is 11.4 Å². The molecule has 0 saturated carbocycles. The maximum atomic E-state index is 12.2. The molecule has 1 aromatic carbocycles. The number of sulfonamides is 1. The fourth-order valence-corrected chi connectivity index (χ4v) is 4.60. The van der Waals surface area contributed by atoms with E-state index in [1.807, 2.05) is 38.1 Å². The van der Waals surface area contributed by atoms with Crippen LogP contribution in [-0.2, 0) is 10.0 Å². The van der Waals surface area contributed by atoms with Gasteiger partial charge in [-0.05, 0) is 31.0 Å². The fourth-order valence-electron chi connectivity index (χ4n) is 2.64. The summed E-state index contributed by atoms with van der Waals surface area (Å²) >= 11 is 0. The van der Waals surface area contributed by atoms with Gasteiger partial charge in [-0.2, -0.15) is 0 Å². The Kier molecular flexibility index (Phi) is 4.16. The van der Waals surface area contributed by atoms with Crippen molar-refractivity contribution in [3.8, 4) is 0 Å². The van der Waals surface area contributed by atoms with Crippen molar-refractivity contribution in [2.24, 2.45) is 5.92 Å². The van der Waals surface area contributed by atoms with Crippen LogP contribution in [0, 0.1) is 5.92 Å². The molecule has 0 radical (unpaired) electrons. The van der Waals surface area contributed by atoms with Crippen LogP contribution >= 0.6 is 0 Å². The van der Waals surface area contributed by atoms with Gasteiger partial charge in [0.1, 0.15) is 0 Å². The average molecular weight is 282 g/mol. The van der Waals surface area contributed by atoms with Gasteiger partial charge in [0.25, 0.3) is 0 Å². The molecule has 19 heavy (non-hydrogen) atoms. The molecule has 2 atom stereocenters. The second kappa shape index (κ2) is 5.51. The van der Waals surface area contributed by atoms with Gasteiger partial charge in [0.2, 0.25) is 10.0 Å². The Balaban J connectivity index is 2.40. The summed E-state index contributed by atoms with van der Waals surface area (Å²) in [5.74, 6) is 0.434. The minimum Gasteiger partial charge on any atom is -0.310 e. The van der Waals surface area contributed by atoms with E-state index in [9.17, 15) is 8.42 Å². The molecule has 1 aliphatic heterocycles. The zero-order valence-electron chi connectivity index (χ0n) is 11.8. The van der Waals surface area contributed by atoms with E-state index in [1.165, 1.54) is 0 Å². The highest BCUT2D eigenvalue weighted by atomic mass is 32.2. The molecule has 5 heteroatoms. The minimum atomic E-state index is -3.15. The van der Waals surface area contributed by atoms with E-state index in [4.69, 9.17) is 0 Å². The Morgan fingerprint density at radius 1 is 1.42 bits per heavy atom. The molecule has 0 aromatic heterocycles. The van der Waals surface area contributed by atoms with Gasteiger partial charge in [0.15, 0.2) is 0 Å². The van der Waals surface area contributed by atoms with Crippen molar-refractivity contribution in [1.82, 2.24) is 5.32 Å². The van der Waals surface area contributed by atoms with E-state index in [-0.39, 0.29) is 17.7 Å². The van der Waals surface area contributed by atoms with Gasteiger partial charge in [-0.15, -0.1) is 0 Å². The first-order chi connectivity index (χ1) is 8.95. The van der Waals surface area contributed by atoms with Crippen LogP contribution in [0.15, 0.2) is 24.3 Å². The second-order valence-corrected chi connectivity index (χ2v) is 7.19. The van der Waals surface area contributed by atoms with Crippen molar-refractivity contribution >= 4 is 15.7 Å². The van der Waals surface area contributed by atoms with E-state index in [0.717, 1.165) is 17.8 Å². The number of para-hydroxylation sites is 1. The number of nitrogens with one attached hydrogen (secondary N) is 1. The first-order valence-electron chi connectivity index (χ1n) is 6.78. The van der Waals surface area contributed by atoms with Gasteiger partial charge in [-0.1, -0.05) is 32.0 Å². The van der Waals surface area contributed by atoms with Gasteiger partial charge < -0.3 is 5.32 Å². The molecule has 1 heterocycles. The summed E-state index contributed by atoms with van der Waals surface area (Å²) in [6, 6.07) is 7.90. The van der Waals surface area contributed by atoms with E-state index in [1.54, 1.807) is 4.31 Å². The molecular weight excluding hydrogens is 260 g/mol. The maximum Gasteiger partial charge on any atom is 0.235 e.